The number of halogens is 1. The Labute approximate surface area is 167 Å². The van der Waals surface area contributed by atoms with E-state index in [2.05, 4.69) is 15.6 Å². The average molecular weight is 415 g/mol. The number of aromatic nitrogens is 3. The van der Waals surface area contributed by atoms with E-state index in [1.165, 1.54) is 27.4 Å². The van der Waals surface area contributed by atoms with Gasteiger partial charge in [0, 0.05) is 12.2 Å². The molecule has 1 aromatic heterocycles. The van der Waals surface area contributed by atoms with Gasteiger partial charge >= 0.3 is 0 Å². The topological polar surface area (TPSA) is 97.2 Å². The maximum atomic E-state index is 13.1. The van der Waals surface area contributed by atoms with Crippen molar-refractivity contribution in [3.8, 4) is 5.69 Å². The predicted molar refractivity (Wildman–Crippen MR) is 106 cm³/mol. The molecular weight excluding hydrogens is 397 g/mol. The highest BCUT2D eigenvalue weighted by Crippen LogP contribution is 2.32. The molecule has 1 aliphatic heterocycles. The molecule has 0 aliphatic carbocycles. The van der Waals surface area contributed by atoms with Gasteiger partial charge in [-0.15, -0.1) is 5.10 Å². The fourth-order valence-corrected chi connectivity index (χ4v) is 4.31. The number of anilines is 2. The molecule has 29 heavy (non-hydrogen) atoms. The van der Waals surface area contributed by atoms with Crippen LogP contribution in [0.5, 0.6) is 0 Å². The summed E-state index contributed by atoms with van der Waals surface area (Å²) in [6.45, 7) is 2.08. The summed E-state index contributed by atoms with van der Waals surface area (Å²) in [6, 6.07) is 10.8. The fourth-order valence-electron chi connectivity index (χ4n) is 3.35. The lowest BCUT2D eigenvalue weighted by atomic mass is 10.1. The number of nitrogens with zero attached hydrogens (tertiary/aromatic N) is 4. The van der Waals surface area contributed by atoms with Crippen LogP contribution in [0.3, 0.4) is 0 Å². The highest BCUT2D eigenvalue weighted by atomic mass is 32.2. The van der Waals surface area contributed by atoms with Crippen LogP contribution < -0.4 is 9.62 Å². The van der Waals surface area contributed by atoms with Gasteiger partial charge in [0.25, 0.3) is 5.91 Å². The third-order valence-corrected chi connectivity index (χ3v) is 5.95. The molecule has 0 unspecified atom stereocenters. The summed E-state index contributed by atoms with van der Waals surface area (Å²) in [5.74, 6) is -0.802. The van der Waals surface area contributed by atoms with E-state index in [4.69, 9.17) is 0 Å². The van der Waals surface area contributed by atoms with E-state index in [1.807, 2.05) is 0 Å². The lowest BCUT2D eigenvalue weighted by molar-refractivity contribution is 0.102. The van der Waals surface area contributed by atoms with Gasteiger partial charge in [0.05, 0.1) is 23.3 Å². The Hall–Kier alpha value is -3.27. The predicted octanol–water partition coefficient (Wildman–Crippen LogP) is 2.29. The first-order valence-corrected chi connectivity index (χ1v) is 10.7. The maximum absolute atomic E-state index is 13.1. The largest absolute Gasteiger partial charge is 0.321 e. The Balaban J connectivity index is 1.56. The molecule has 0 bridgehead atoms. The normalized spacial score (nSPS) is 13.4. The van der Waals surface area contributed by atoms with Crippen LogP contribution in [0.4, 0.5) is 15.8 Å². The molecule has 0 radical (unpaired) electrons. The minimum atomic E-state index is -3.33. The molecular formula is C19H18FN5O3S. The Morgan fingerprint density at radius 3 is 2.59 bits per heavy atom. The number of fused-ring (bicyclic) bond motifs is 1. The van der Waals surface area contributed by atoms with E-state index in [0.29, 0.717) is 35.7 Å². The second kappa shape index (κ2) is 6.96. The van der Waals surface area contributed by atoms with Crippen molar-refractivity contribution in [3.05, 3.63) is 65.2 Å². The monoisotopic (exact) mass is 415 g/mol. The zero-order chi connectivity index (χ0) is 20.8. The maximum Gasteiger partial charge on any atom is 0.278 e. The zero-order valence-corrected chi connectivity index (χ0v) is 16.6. The first kappa shape index (κ1) is 19.1. The van der Waals surface area contributed by atoms with E-state index in [0.717, 1.165) is 5.56 Å². The molecule has 8 nitrogen and oxygen atoms in total. The van der Waals surface area contributed by atoms with Gasteiger partial charge in [-0.05, 0) is 61.4 Å². The molecule has 2 heterocycles. The third kappa shape index (κ3) is 3.58. The van der Waals surface area contributed by atoms with Crippen LogP contribution in [0.1, 0.15) is 21.7 Å². The Morgan fingerprint density at radius 1 is 1.17 bits per heavy atom. The van der Waals surface area contributed by atoms with Crippen molar-refractivity contribution in [2.45, 2.75) is 13.3 Å². The highest BCUT2D eigenvalue weighted by Gasteiger charge is 2.26. The van der Waals surface area contributed by atoms with Crippen molar-refractivity contribution < 1.29 is 17.6 Å². The summed E-state index contributed by atoms with van der Waals surface area (Å²) in [7, 11) is -3.33. The molecule has 0 saturated carbocycles. The second-order valence-corrected chi connectivity index (χ2v) is 8.70. The van der Waals surface area contributed by atoms with Crippen LogP contribution in [-0.2, 0) is 16.4 Å². The van der Waals surface area contributed by atoms with E-state index in [-0.39, 0.29) is 11.5 Å². The number of sulfonamides is 1. The molecule has 0 saturated heterocycles. The number of hydrogen-bond acceptors (Lipinski definition) is 5. The molecule has 1 aliphatic rings. The molecule has 10 heteroatoms. The van der Waals surface area contributed by atoms with Crippen LogP contribution in [0.2, 0.25) is 0 Å². The first-order chi connectivity index (χ1) is 13.7. The number of nitrogens with one attached hydrogen (secondary N) is 1. The van der Waals surface area contributed by atoms with Gasteiger partial charge in [-0.3, -0.25) is 9.10 Å². The van der Waals surface area contributed by atoms with Crippen molar-refractivity contribution in [3.63, 3.8) is 0 Å². The number of amides is 1. The Morgan fingerprint density at radius 2 is 1.90 bits per heavy atom. The summed E-state index contributed by atoms with van der Waals surface area (Å²) in [4.78, 5) is 12.7. The summed E-state index contributed by atoms with van der Waals surface area (Å²) in [5.41, 5.74) is 3.27. The number of carbonyl (C=O) groups excluding carboxylic acids is 1. The van der Waals surface area contributed by atoms with Gasteiger partial charge in [-0.2, -0.15) is 0 Å². The van der Waals surface area contributed by atoms with E-state index in [9.17, 15) is 17.6 Å². The lowest BCUT2D eigenvalue weighted by Crippen LogP contribution is -2.27. The molecule has 3 aromatic rings. The minimum Gasteiger partial charge on any atom is -0.321 e. The quantitative estimate of drug-likeness (QED) is 0.705. The molecule has 4 rings (SSSR count). The van der Waals surface area contributed by atoms with Gasteiger partial charge in [0.2, 0.25) is 10.0 Å². The molecule has 1 amide bonds. The summed E-state index contributed by atoms with van der Waals surface area (Å²) in [5, 5.41) is 10.7. The van der Waals surface area contributed by atoms with Crippen LogP contribution in [-0.4, -0.2) is 42.1 Å². The van der Waals surface area contributed by atoms with Crippen LogP contribution in [0.25, 0.3) is 5.69 Å². The lowest BCUT2D eigenvalue weighted by Gasteiger charge is -2.16. The van der Waals surface area contributed by atoms with Gasteiger partial charge in [0.1, 0.15) is 5.82 Å². The smallest absolute Gasteiger partial charge is 0.278 e. The zero-order valence-electron chi connectivity index (χ0n) is 15.8. The first-order valence-electron chi connectivity index (χ1n) is 8.84. The van der Waals surface area contributed by atoms with E-state index in [1.54, 1.807) is 37.3 Å². The molecule has 0 fully saturated rings. The van der Waals surface area contributed by atoms with Crippen LogP contribution in [0.15, 0.2) is 42.5 Å². The summed E-state index contributed by atoms with van der Waals surface area (Å²) < 4.78 is 39.6. The van der Waals surface area contributed by atoms with E-state index < -0.39 is 15.9 Å². The van der Waals surface area contributed by atoms with Crippen molar-refractivity contribution in [1.82, 2.24) is 15.0 Å². The van der Waals surface area contributed by atoms with Crippen molar-refractivity contribution in [2.75, 3.05) is 22.4 Å². The van der Waals surface area contributed by atoms with Crippen LogP contribution >= 0.6 is 0 Å². The summed E-state index contributed by atoms with van der Waals surface area (Å²) >= 11 is 0. The Bertz CT molecular complexity index is 1210. The van der Waals surface area contributed by atoms with Crippen molar-refractivity contribution in [1.29, 1.82) is 0 Å². The van der Waals surface area contributed by atoms with Gasteiger partial charge in [-0.1, -0.05) is 5.21 Å². The van der Waals surface area contributed by atoms with Gasteiger partial charge < -0.3 is 5.32 Å². The molecule has 0 atom stereocenters. The molecule has 2 aromatic carbocycles. The fraction of sp³-hybridized carbons (Fsp3) is 0.211. The van der Waals surface area contributed by atoms with Gasteiger partial charge in [0.15, 0.2) is 5.69 Å². The average Bonchev–Trinajstić information content (AvgIpc) is 3.25. The molecule has 1 N–H and O–H groups in total. The number of benzene rings is 2. The van der Waals surface area contributed by atoms with Crippen molar-refractivity contribution in [2.24, 2.45) is 0 Å². The minimum absolute atomic E-state index is 0.146. The van der Waals surface area contributed by atoms with Crippen LogP contribution in [0, 0.1) is 12.7 Å². The standard InChI is InChI=1S/C19H18FN5O3S/c1-12-18(22-23-25(12)16-6-3-14(20)4-7-16)19(26)21-15-5-8-17-13(11-15)9-10-24(17)29(2,27)28/h3-8,11H,9-10H2,1-2H3,(H,21,26). The van der Waals surface area contributed by atoms with E-state index >= 15 is 0 Å². The van der Waals surface area contributed by atoms with Gasteiger partial charge in [-0.25, -0.2) is 17.5 Å². The number of carbonyl (C=O) groups is 1. The number of rotatable bonds is 4. The van der Waals surface area contributed by atoms with Crippen molar-refractivity contribution >= 4 is 27.3 Å². The summed E-state index contributed by atoms with van der Waals surface area (Å²) in [6.07, 6.45) is 1.75. The molecule has 0 spiro atoms. The second-order valence-electron chi connectivity index (χ2n) is 6.79. The number of hydrogen-bond donors (Lipinski definition) is 1. The Kier molecular flexibility index (Phi) is 4.58. The third-order valence-electron chi connectivity index (χ3n) is 4.77. The molecule has 150 valence electrons. The SMILES string of the molecule is Cc1c(C(=O)Nc2ccc3c(c2)CCN3S(C)(=O)=O)nnn1-c1ccc(F)cc1. The highest BCUT2D eigenvalue weighted by molar-refractivity contribution is 7.92.